The van der Waals surface area contributed by atoms with E-state index in [1.165, 1.54) is 60.3 Å². The molecule has 0 amide bonds. The summed E-state index contributed by atoms with van der Waals surface area (Å²) in [7, 11) is -7.21. The third kappa shape index (κ3) is 7.84. The number of aromatic hydroxyl groups is 1. The average Bonchev–Trinajstić information content (AvgIpc) is 3.42. The summed E-state index contributed by atoms with van der Waals surface area (Å²) in [6.45, 7) is 11.1. The number of aryl methyl sites for hydroxylation is 2. The molecule has 0 unspecified atom stereocenters. The van der Waals surface area contributed by atoms with E-state index >= 15 is 0 Å². The third-order valence-corrected chi connectivity index (χ3v) is 10.1. The molecule has 0 aliphatic rings. The number of hydrogen-bond donors (Lipinski definition) is 4. The molecule has 0 fully saturated rings. The number of sulfonamides is 2. The van der Waals surface area contributed by atoms with E-state index in [1.54, 1.807) is 44.2 Å². The average molecular weight is 718 g/mol. The van der Waals surface area contributed by atoms with E-state index in [0.29, 0.717) is 5.69 Å². The molecule has 0 spiro atoms. The number of methoxy groups -OCH3 is 1. The van der Waals surface area contributed by atoms with Crippen LogP contribution in [0.3, 0.4) is 0 Å². The van der Waals surface area contributed by atoms with Crippen LogP contribution in [0, 0.1) is 20.4 Å². The van der Waals surface area contributed by atoms with Crippen molar-refractivity contribution in [3.63, 3.8) is 0 Å². The monoisotopic (exact) mass is 717 g/mol. The zero-order valence-electron chi connectivity index (χ0n) is 26.9. The number of H-pyrrole nitrogens is 1. The number of hydrogen-bond acceptors (Lipinski definition) is 10. The van der Waals surface area contributed by atoms with Gasteiger partial charge in [0.25, 0.3) is 25.9 Å². The molecule has 5 aromatic rings. The fourth-order valence-corrected chi connectivity index (χ4v) is 6.86. The topological polar surface area (TPSA) is 198 Å². The van der Waals surface area contributed by atoms with Crippen molar-refractivity contribution in [2.24, 2.45) is 10.2 Å². The Hall–Kier alpha value is -5.96. The Morgan fingerprint density at radius 2 is 1.58 bits per heavy atom. The molecule has 0 aliphatic heterocycles. The minimum absolute atomic E-state index is 0.00903. The molecule has 0 saturated heterocycles. The Labute approximate surface area is 287 Å². The molecule has 17 heteroatoms. The third-order valence-electron chi connectivity index (χ3n) is 7.27. The fraction of sp³-hybridized carbons (Fsp3) is 0.152. The van der Waals surface area contributed by atoms with E-state index < -0.39 is 30.5 Å². The predicted octanol–water partition coefficient (Wildman–Crippen LogP) is 6.08. The van der Waals surface area contributed by atoms with Crippen molar-refractivity contribution in [1.29, 1.82) is 0 Å². The van der Waals surface area contributed by atoms with Gasteiger partial charge in [-0.1, -0.05) is 24.8 Å². The molecule has 4 aromatic carbocycles. The van der Waals surface area contributed by atoms with Crippen LogP contribution in [-0.4, -0.2) is 52.0 Å². The number of rotatable bonds is 13. The molecule has 50 heavy (non-hydrogen) atoms. The first-order valence-corrected chi connectivity index (χ1v) is 17.7. The summed E-state index contributed by atoms with van der Waals surface area (Å²) in [6, 6.07) is 20.4. The van der Waals surface area contributed by atoms with Crippen LogP contribution in [0.2, 0.25) is 0 Å². The van der Waals surface area contributed by atoms with Gasteiger partial charge in [0.15, 0.2) is 5.69 Å². The summed E-state index contributed by atoms with van der Waals surface area (Å²) in [5, 5.41) is 21.0. The molecular formula is C33H31N7O8S2. The molecule has 0 aliphatic carbocycles. The lowest BCUT2D eigenvalue weighted by atomic mass is 10.1. The quantitative estimate of drug-likeness (QED) is 0.0486. The van der Waals surface area contributed by atoms with Crippen molar-refractivity contribution in [3.05, 3.63) is 118 Å². The number of phenolic OH excluding ortho intramolecular Hbond substituents is 1. The Bertz CT molecular complexity index is 2380. The Morgan fingerprint density at radius 3 is 2.26 bits per heavy atom. The van der Waals surface area contributed by atoms with Crippen molar-refractivity contribution in [3.8, 4) is 17.2 Å². The van der Waals surface area contributed by atoms with Crippen LogP contribution in [0.25, 0.3) is 10.5 Å². The molecular weight excluding hydrogens is 687 g/mol. The predicted molar refractivity (Wildman–Crippen MR) is 186 cm³/mol. The molecule has 15 nitrogen and oxygen atoms in total. The first kappa shape index (κ1) is 35.3. The van der Waals surface area contributed by atoms with Crippen LogP contribution >= 0.6 is 0 Å². The lowest BCUT2D eigenvalue weighted by Gasteiger charge is -2.17. The molecule has 1 aromatic heterocycles. The number of phenols is 1. The molecule has 4 N–H and O–H groups in total. The highest BCUT2D eigenvalue weighted by Gasteiger charge is 2.24. The Balaban J connectivity index is 1.39. The number of benzene rings is 4. The van der Waals surface area contributed by atoms with Crippen LogP contribution in [0.4, 0.5) is 28.6 Å². The van der Waals surface area contributed by atoms with Crippen molar-refractivity contribution in [2.75, 3.05) is 29.8 Å². The van der Waals surface area contributed by atoms with Crippen molar-refractivity contribution in [1.82, 2.24) is 9.78 Å². The molecule has 0 bridgehead atoms. The van der Waals surface area contributed by atoms with E-state index in [0.717, 1.165) is 17.2 Å². The van der Waals surface area contributed by atoms with Gasteiger partial charge in [-0.05, 0) is 91.7 Å². The van der Waals surface area contributed by atoms with Crippen molar-refractivity contribution in [2.45, 2.75) is 23.6 Å². The maximum Gasteiger partial charge on any atom is 0.303 e. The highest BCUT2D eigenvalue weighted by Crippen LogP contribution is 2.34. The number of aromatic nitrogens is 2. The van der Waals surface area contributed by atoms with Gasteiger partial charge in [0.2, 0.25) is 0 Å². The van der Waals surface area contributed by atoms with Gasteiger partial charge < -0.3 is 19.4 Å². The molecule has 258 valence electrons. The number of anilines is 2. The molecule has 0 saturated carbocycles. The molecule has 1 heterocycles. The van der Waals surface area contributed by atoms with Gasteiger partial charge in [-0.25, -0.2) is 21.9 Å². The second-order valence-corrected chi connectivity index (χ2v) is 14.1. The van der Waals surface area contributed by atoms with Crippen LogP contribution < -0.4 is 19.7 Å². The summed E-state index contributed by atoms with van der Waals surface area (Å²) in [5.41, 5.74) is 1.21. The van der Waals surface area contributed by atoms with E-state index in [4.69, 9.17) is 16.0 Å². The lowest BCUT2D eigenvalue weighted by molar-refractivity contribution is 0.144. The number of ether oxygens (including phenoxy) is 2. The maximum atomic E-state index is 13.6. The highest BCUT2D eigenvalue weighted by atomic mass is 32.2. The number of para-hydroxylation sites is 1. The lowest BCUT2D eigenvalue weighted by Crippen LogP contribution is -2.17. The minimum Gasteiger partial charge on any atom is -0.506 e. The smallest absolute Gasteiger partial charge is 0.303 e. The zero-order valence-corrected chi connectivity index (χ0v) is 28.5. The van der Waals surface area contributed by atoms with Gasteiger partial charge in [0.05, 0.1) is 34.3 Å². The number of aromatic amines is 1. The minimum atomic E-state index is -4.41. The van der Waals surface area contributed by atoms with Gasteiger partial charge in [-0.2, -0.15) is 14.9 Å². The summed E-state index contributed by atoms with van der Waals surface area (Å²) in [4.78, 5) is 15.7. The largest absolute Gasteiger partial charge is 0.506 e. The summed E-state index contributed by atoms with van der Waals surface area (Å²) in [5.74, 6) is -0.485. The second kappa shape index (κ2) is 14.7. The van der Waals surface area contributed by atoms with Gasteiger partial charge in [0.1, 0.15) is 23.0 Å². The SMILES string of the molecule is [C-]#[N+]c1[nH]n(-c2ccccc2)c(=O)c1N=Nc1ccc(S(=O)(=O)Nc2ccc(OCCOC)c(S(=O)(=O)Nc3cc(C)c(C)cc3O)c2)cc1. The van der Waals surface area contributed by atoms with Crippen molar-refractivity contribution >= 4 is 48.6 Å². The van der Waals surface area contributed by atoms with Crippen molar-refractivity contribution < 1.29 is 31.4 Å². The molecule has 0 atom stereocenters. The van der Waals surface area contributed by atoms with E-state index in [-0.39, 0.29) is 58.2 Å². The first-order chi connectivity index (χ1) is 23.8. The Morgan fingerprint density at radius 1 is 0.880 bits per heavy atom. The second-order valence-electron chi connectivity index (χ2n) is 10.8. The van der Waals surface area contributed by atoms with Gasteiger partial charge >= 0.3 is 5.56 Å². The van der Waals surface area contributed by atoms with Gasteiger partial charge in [-0.15, -0.1) is 0 Å². The van der Waals surface area contributed by atoms with Crippen LogP contribution in [-0.2, 0) is 24.8 Å². The summed E-state index contributed by atoms with van der Waals surface area (Å²) in [6.07, 6.45) is 0. The fourth-order valence-electron chi connectivity index (χ4n) is 4.58. The van der Waals surface area contributed by atoms with Crippen LogP contribution in [0.15, 0.2) is 110 Å². The van der Waals surface area contributed by atoms with Crippen LogP contribution in [0.1, 0.15) is 11.1 Å². The van der Waals surface area contributed by atoms with Gasteiger partial charge in [0, 0.05) is 7.11 Å². The van der Waals surface area contributed by atoms with E-state index in [2.05, 4.69) is 29.6 Å². The first-order valence-electron chi connectivity index (χ1n) is 14.7. The van der Waals surface area contributed by atoms with Crippen LogP contribution in [0.5, 0.6) is 11.5 Å². The maximum absolute atomic E-state index is 13.6. The van der Waals surface area contributed by atoms with Gasteiger partial charge in [-0.3, -0.25) is 14.2 Å². The Kier molecular flexibility index (Phi) is 10.4. The summed E-state index contributed by atoms with van der Waals surface area (Å²) >= 11 is 0. The molecule has 0 radical (unpaired) electrons. The summed E-state index contributed by atoms with van der Waals surface area (Å²) < 4.78 is 70.3. The van der Waals surface area contributed by atoms with E-state index in [1.807, 2.05) is 0 Å². The number of azo groups is 1. The number of nitrogens with one attached hydrogen (secondary N) is 3. The number of nitrogens with zero attached hydrogens (tertiary/aromatic N) is 4. The normalized spacial score (nSPS) is 11.7. The highest BCUT2D eigenvalue weighted by molar-refractivity contribution is 7.93. The zero-order chi connectivity index (χ0) is 36.1. The van der Waals surface area contributed by atoms with E-state index in [9.17, 15) is 26.7 Å². The standard InChI is InChI=1S/C33H31N7O8S2/c1-21-18-27(28(41)19-22(21)2)39-50(45,46)30-20-24(12-15-29(30)48-17-16-47-4)38-49(43,44)26-13-10-23(11-14-26)35-36-31-32(34-3)37-40(33(31)42)25-8-6-5-7-9-25/h5-15,18-20,37-39,41H,16-17H2,1-2,4H3. The molecule has 5 rings (SSSR count).